The van der Waals surface area contributed by atoms with Gasteiger partial charge in [0.15, 0.2) is 0 Å². The van der Waals surface area contributed by atoms with E-state index in [1.165, 1.54) is 22.3 Å². The van der Waals surface area contributed by atoms with Crippen molar-refractivity contribution >= 4 is 6.09 Å². The molecule has 3 aromatic rings. The van der Waals surface area contributed by atoms with Crippen molar-refractivity contribution in [1.82, 2.24) is 9.88 Å². The topological polar surface area (TPSA) is 71.9 Å². The molecule has 3 heterocycles. The molecule has 0 radical (unpaired) electrons. The van der Waals surface area contributed by atoms with Gasteiger partial charge in [-0.3, -0.25) is 0 Å². The Balaban J connectivity index is 1.18. The molecule has 2 unspecified atom stereocenters. The summed E-state index contributed by atoms with van der Waals surface area (Å²) in [5.41, 5.74) is 4.65. The van der Waals surface area contributed by atoms with Gasteiger partial charge in [-0.05, 0) is 46.7 Å². The minimum atomic E-state index is -0.998. The van der Waals surface area contributed by atoms with Crippen LogP contribution in [0.3, 0.4) is 0 Å². The Morgan fingerprint density at radius 1 is 1.03 bits per heavy atom. The summed E-state index contributed by atoms with van der Waals surface area (Å²) in [5, 5.41) is 11.5. The summed E-state index contributed by atoms with van der Waals surface area (Å²) in [4.78, 5) is 19.3. The summed E-state index contributed by atoms with van der Waals surface area (Å²) in [7, 11) is 1.57. The molecule has 3 aliphatic rings. The molecule has 2 fully saturated rings. The molecule has 0 spiro atoms. The fraction of sp³-hybridized carbons (Fsp3) is 0.357. The van der Waals surface area contributed by atoms with E-state index in [9.17, 15) is 9.90 Å². The molecule has 6 heteroatoms. The Hall–Kier alpha value is -3.38. The number of hydrogen-bond acceptors (Lipinski definition) is 5. The first kappa shape index (κ1) is 21.2. The minimum absolute atomic E-state index is 0.0417. The van der Waals surface area contributed by atoms with Crippen molar-refractivity contribution in [2.45, 2.75) is 49.3 Å². The summed E-state index contributed by atoms with van der Waals surface area (Å²) in [6.45, 7) is 0.314. The summed E-state index contributed by atoms with van der Waals surface area (Å²) in [6, 6.07) is 20.3. The lowest BCUT2D eigenvalue weighted by molar-refractivity contribution is -0.0532. The number of carbonyl (C=O) groups excluding carboxylic acids is 1. The van der Waals surface area contributed by atoms with Crippen LogP contribution in [0.4, 0.5) is 4.79 Å². The third kappa shape index (κ3) is 3.36. The van der Waals surface area contributed by atoms with Crippen LogP contribution in [-0.2, 0) is 10.3 Å². The molecule has 1 N–H and O–H groups in total. The molecule has 2 bridgehead atoms. The zero-order valence-electron chi connectivity index (χ0n) is 19.2. The Labute approximate surface area is 199 Å². The maximum atomic E-state index is 13.3. The van der Waals surface area contributed by atoms with Crippen LogP contribution in [0.15, 0.2) is 66.9 Å². The zero-order valence-corrected chi connectivity index (χ0v) is 19.2. The molecule has 174 valence electrons. The van der Waals surface area contributed by atoms with Crippen molar-refractivity contribution in [1.29, 1.82) is 0 Å². The average molecular weight is 457 g/mol. The van der Waals surface area contributed by atoms with Crippen molar-refractivity contribution in [3.63, 3.8) is 0 Å². The number of ether oxygens (including phenoxy) is 2. The van der Waals surface area contributed by atoms with Crippen molar-refractivity contribution in [3.05, 3.63) is 83.6 Å². The SMILES string of the molecule is COc1cc(C2(O)CC3CCC(C2)N3C(=O)OCC2c3ccccc3-c3ccccc32)ccn1. The molecule has 1 aromatic heterocycles. The quantitative estimate of drug-likeness (QED) is 0.607. The summed E-state index contributed by atoms with van der Waals surface area (Å²) < 4.78 is 11.2. The minimum Gasteiger partial charge on any atom is -0.481 e. The van der Waals surface area contributed by atoms with Gasteiger partial charge >= 0.3 is 6.09 Å². The van der Waals surface area contributed by atoms with Crippen LogP contribution in [0.2, 0.25) is 0 Å². The fourth-order valence-corrected chi connectivity index (χ4v) is 6.24. The van der Waals surface area contributed by atoms with E-state index >= 15 is 0 Å². The molecule has 2 saturated heterocycles. The van der Waals surface area contributed by atoms with Crippen LogP contribution in [0.5, 0.6) is 5.88 Å². The molecule has 6 rings (SSSR count). The highest BCUT2D eigenvalue weighted by Gasteiger charge is 2.51. The van der Waals surface area contributed by atoms with E-state index in [-0.39, 0.29) is 24.1 Å². The van der Waals surface area contributed by atoms with Gasteiger partial charge in [0.05, 0.1) is 12.7 Å². The van der Waals surface area contributed by atoms with E-state index in [0.29, 0.717) is 25.3 Å². The van der Waals surface area contributed by atoms with Crippen LogP contribution in [0.25, 0.3) is 11.1 Å². The molecule has 2 aromatic carbocycles. The lowest BCUT2D eigenvalue weighted by Crippen LogP contribution is -2.52. The van der Waals surface area contributed by atoms with Crippen LogP contribution >= 0.6 is 0 Å². The Morgan fingerprint density at radius 3 is 2.26 bits per heavy atom. The smallest absolute Gasteiger partial charge is 0.410 e. The number of benzene rings is 2. The van der Waals surface area contributed by atoms with Crippen molar-refractivity contribution in [3.8, 4) is 17.0 Å². The molecule has 1 amide bonds. The predicted octanol–water partition coefficient (Wildman–Crippen LogP) is 4.85. The first-order valence-corrected chi connectivity index (χ1v) is 11.9. The monoisotopic (exact) mass is 456 g/mol. The van der Waals surface area contributed by atoms with Gasteiger partial charge < -0.3 is 19.5 Å². The number of amides is 1. The van der Waals surface area contributed by atoms with Gasteiger partial charge in [-0.25, -0.2) is 9.78 Å². The number of rotatable bonds is 4. The first-order valence-electron chi connectivity index (χ1n) is 11.9. The van der Waals surface area contributed by atoms with E-state index in [0.717, 1.165) is 18.4 Å². The molecule has 1 aliphatic carbocycles. The third-order valence-corrected chi connectivity index (χ3v) is 7.79. The van der Waals surface area contributed by atoms with Gasteiger partial charge in [0.1, 0.15) is 6.61 Å². The highest BCUT2D eigenvalue weighted by molar-refractivity contribution is 5.79. The predicted molar refractivity (Wildman–Crippen MR) is 128 cm³/mol. The summed E-state index contributed by atoms with van der Waals surface area (Å²) >= 11 is 0. The normalized spacial score (nSPS) is 25.1. The lowest BCUT2D eigenvalue weighted by Gasteiger charge is -2.43. The maximum absolute atomic E-state index is 13.3. The number of methoxy groups -OCH3 is 1. The first-order chi connectivity index (χ1) is 16.6. The van der Waals surface area contributed by atoms with Crippen molar-refractivity contribution in [2.24, 2.45) is 0 Å². The number of pyridine rings is 1. The Bertz CT molecular complexity index is 1180. The lowest BCUT2D eigenvalue weighted by atomic mass is 9.81. The molecule has 2 atom stereocenters. The summed E-state index contributed by atoms with van der Waals surface area (Å²) in [6.07, 6.45) is 4.11. The molecule has 6 nitrogen and oxygen atoms in total. The van der Waals surface area contributed by atoms with Gasteiger partial charge in [0.2, 0.25) is 5.88 Å². The fourth-order valence-electron chi connectivity index (χ4n) is 6.24. The van der Waals surface area contributed by atoms with Gasteiger partial charge in [0.25, 0.3) is 0 Å². The van der Waals surface area contributed by atoms with Gasteiger partial charge in [-0.2, -0.15) is 0 Å². The maximum Gasteiger partial charge on any atom is 0.410 e. The van der Waals surface area contributed by atoms with Crippen molar-refractivity contribution < 1.29 is 19.4 Å². The van der Waals surface area contributed by atoms with Crippen LogP contribution < -0.4 is 4.74 Å². The highest BCUT2D eigenvalue weighted by atomic mass is 16.6. The van der Waals surface area contributed by atoms with E-state index in [1.54, 1.807) is 19.4 Å². The zero-order chi connectivity index (χ0) is 23.3. The molecule has 2 aliphatic heterocycles. The number of fused-ring (bicyclic) bond motifs is 5. The van der Waals surface area contributed by atoms with E-state index in [2.05, 4.69) is 41.4 Å². The molecule has 0 saturated carbocycles. The number of hydrogen-bond donors (Lipinski definition) is 1. The van der Waals surface area contributed by atoms with Crippen molar-refractivity contribution in [2.75, 3.05) is 13.7 Å². The molecular weight excluding hydrogens is 428 g/mol. The number of carbonyl (C=O) groups is 1. The van der Waals surface area contributed by atoms with Gasteiger partial charge in [-0.1, -0.05) is 48.5 Å². The molecule has 34 heavy (non-hydrogen) atoms. The second kappa shape index (κ2) is 8.13. The summed E-state index contributed by atoms with van der Waals surface area (Å²) in [5.74, 6) is 0.525. The van der Waals surface area contributed by atoms with Crippen LogP contribution in [-0.4, -0.2) is 46.9 Å². The largest absolute Gasteiger partial charge is 0.481 e. The van der Waals surface area contributed by atoms with E-state index < -0.39 is 5.60 Å². The Morgan fingerprint density at radius 2 is 1.65 bits per heavy atom. The number of nitrogens with zero attached hydrogens (tertiary/aromatic N) is 2. The van der Waals surface area contributed by atoms with Gasteiger partial charge in [0, 0.05) is 43.1 Å². The van der Waals surface area contributed by atoms with Gasteiger partial charge in [-0.15, -0.1) is 0 Å². The third-order valence-electron chi connectivity index (χ3n) is 7.79. The van der Waals surface area contributed by atoms with E-state index in [4.69, 9.17) is 9.47 Å². The standard InChI is InChI=1S/C28H28N2O4/c1-33-26-14-18(12-13-29-26)28(32)15-19-10-11-20(16-28)30(19)27(31)34-17-25-23-8-4-2-6-21(23)22-7-3-5-9-24(22)25/h2-9,12-14,19-20,25,32H,10-11,15-17H2,1H3. The number of aromatic nitrogens is 1. The second-order valence-corrected chi connectivity index (χ2v) is 9.62. The number of aliphatic hydroxyl groups is 1. The van der Waals surface area contributed by atoms with Crippen LogP contribution in [0.1, 0.15) is 48.3 Å². The average Bonchev–Trinajstić information content (AvgIpc) is 3.34. The van der Waals surface area contributed by atoms with Crippen LogP contribution in [0, 0.1) is 0 Å². The highest BCUT2D eigenvalue weighted by Crippen LogP contribution is 2.47. The molecular formula is C28H28N2O4. The Kier molecular flexibility index (Phi) is 5.06. The number of piperidine rings is 1. The van der Waals surface area contributed by atoms with E-state index in [1.807, 2.05) is 23.1 Å². The second-order valence-electron chi connectivity index (χ2n) is 9.62.